The van der Waals surface area contributed by atoms with Gasteiger partial charge in [-0.15, -0.1) is 0 Å². The second-order valence-electron chi connectivity index (χ2n) is 3.80. The SMILES string of the molecule is CCC(C)(CNc1cncc(Cl)n1)C(=O)O. The van der Waals surface area contributed by atoms with Crippen LogP contribution in [0.5, 0.6) is 0 Å². The lowest BCUT2D eigenvalue weighted by Crippen LogP contribution is -2.34. The van der Waals surface area contributed by atoms with E-state index in [2.05, 4.69) is 15.3 Å². The van der Waals surface area contributed by atoms with Crippen LogP contribution in [0.3, 0.4) is 0 Å². The molecule has 1 aromatic rings. The molecule has 0 saturated heterocycles. The van der Waals surface area contributed by atoms with E-state index in [0.29, 0.717) is 12.2 Å². The molecule has 0 aliphatic carbocycles. The Morgan fingerprint density at radius 1 is 1.62 bits per heavy atom. The molecule has 88 valence electrons. The molecule has 0 radical (unpaired) electrons. The summed E-state index contributed by atoms with van der Waals surface area (Å²) in [6.07, 6.45) is 3.45. The Kier molecular flexibility index (Phi) is 4.06. The first-order valence-electron chi connectivity index (χ1n) is 4.93. The summed E-state index contributed by atoms with van der Waals surface area (Å²) in [5.41, 5.74) is -0.815. The molecule has 5 nitrogen and oxygen atoms in total. The van der Waals surface area contributed by atoms with Crippen molar-refractivity contribution in [2.45, 2.75) is 20.3 Å². The molecule has 1 unspecified atom stereocenters. The van der Waals surface area contributed by atoms with Gasteiger partial charge in [0.1, 0.15) is 11.0 Å². The third-order valence-electron chi connectivity index (χ3n) is 2.56. The minimum absolute atomic E-state index is 0.276. The largest absolute Gasteiger partial charge is 0.481 e. The van der Waals surface area contributed by atoms with Gasteiger partial charge in [-0.3, -0.25) is 9.78 Å². The van der Waals surface area contributed by atoms with Gasteiger partial charge in [0.2, 0.25) is 0 Å². The van der Waals surface area contributed by atoms with Crippen LogP contribution in [0, 0.1) is 5.41 Å². The fraction of sp³-hybridized carbons (Fsp3) is 0.500. The van der Waals surface area contributed by atoms with E-state index < -0.39 is 11.4 Å². The van der Waals surface area contributed by atoms with Crippen molar-refractivity contribution < 1.29 is 9.90 Å². The highest BCUT2D eigenvalue weighted by molar-refractivity contribution is 6.29. The summed E-state index contributed by atoms with van der Waals surface area (Å²) >= 11 is 5.66. The molecule has 0 saturated carbocycles. The summed E-state index contributed by atoms with van der Waals surface area (Å²) in [6, 6.07) is 0. The number of hydrogen-bond donors (Lipinski definition) is 2. The molecule has 1 heterocycles. The molecule has 0 spiro atoms. The van der Waals surface area contributed by atoms with E-state index in [-0.39, 0.29) is 11.7 Å². The Balaban J connectivity index is 2.66. The maximum absolute atomic E-state index is 11.0. The fourth-order valence-electron chi connectivity index (χ4n) is 1.06. The number of rotatable bonds is 5. The van der Waals surface area contributed by atoms with Crippen molar-refractivity contribution in [1.29, 1.82) is 0 Å². The summed E-state index contributed by atoms with van der Waals surface area (Å²) in [5, 5.41) is 12.3. The van der Waals surface area contributed by atoms with Crippen molar-refractivity contribution in [2.75, 3.05) is 11.9 Å². The zero-order chi connectivity index (χ0) is 12.2. The molecule has 1 rings (SSSR count). The predicted octanol–water partition coefficient (Wildman–Crippen LogP) is 2.04. The normalized spacial score (nSPS) is 14.2. The number of aliphatic carboxylic acids is 1. The highest BCUT2D eigenvalue weighted by Gasteiger charge is 2.30. The quantitative estimate of drug-likeness (QED) is 0.828. The van der Waals surface area contributed by atoms with E-state index in [1.54, 1.807) is 6.92 Å². The number of halogens is 1. The zero-order valence-corrected chi connectivity index (χ0v) is 9.95. The van der Waals surface area contributed by atoms with Gasteiger partial charge in [0.15, 0.2) is 0 Å². The molecule has 0 fully saturated rings. The molecule has 6 heteroatoms. The Hall–Kier alpha value is -1.36. The monoisotopic (exact) mass is 243 g/mol. The number of carboxylic acids is 1. The zero-order valence-electron chi connectivity index (χ0n) is 9.20. The molecule has 0 aliphatic rings. The van der Waals surface area contributed by atoms with Gasteiger partial charge in [-0.1, -0.05) is 18.5 Å². The topological polar surface area (TPSA) is 75.1 Å². The Morgan fingerprint density at radius 2 is 2.31 bits per heavy atom. The molecule has 0 amide bonds. The molecule has 1 aromatic heterocycles. The van der Waals surface area contributed by atoms with Crippen molar-refractivity contribution >= 4 is 23.4 Å². The molecule has 16 heavy (non-hydrogen) atoms. The van der Waals surface area contributed by atoms with Gasteiger partial charge in [0.05, 0.1) is 17.8 Å². The lowest BCUT2D eigenvalue weighted by molar-refractivity contribution is -0.147. The Bertz CT molecular complexity index is 386. The third kappa shape index (κ3) is 3.06. The molecule has 1 atom stereocenters. The van der Waals surface area contributed by atoms with Gasteiger partial charge in [-0.2, -0.15) is 0 Å². The van der Waals surface area contributed by atoms with Gasteiger partial charge >= 0.3 is 5.97 Å². The highest BCUT2D eigenvalue weighted by Crippen LogP contribution is 2.21. The number of nitrogens with one attached hydrogen (secondary N) is 1. The van der Waals surface area contributed by atoms with E-state index in [4.69, 9.17) is 16.7 Å². The number of anilines is 1. The summed E-state index contributed by atoms with van der Waals surface area (Å²) < 4.78 is 0. The van der Waals surface area contributed by atoms with Crippen molar-refractivity contribution in [3.05, 3.63) is 17.5 Å². The van der Waals surface area contributed by atoms with Crippen molar-refractivity contribution in [2.24, 2.45) is 5.41 Å². The standard InChI is InChI=1S/C10H14ClN3O2/c1-3-10(2,9(15)16)6-13-8-5-12-4-7(11)14-8/h4-5H,3,6H2,1-2H3,(H,13,14)(H,15,16). The Labute approximate surface area is 98.9 Å². The fourth-order valence-corrected chi connectivity index (χ4v) is 1.21. The van der Waals surface area contributed by atoms with E-state index in [9.17, 15) is 4.79 Å². The van der Waals surface area contributed by atoms with Crippen LogP contribution in [-0.4, -0.2) is 27.6 Å². The van der Waals surface area contributed by atoms with Crippen LogP contribution in [0.25, 0.3) is 0 Å². The van der Waals surface area contributed by atoms with Crippen LogP contribution in [0.15, 0.2) is 12.4 Å². The number of hydrogen-bond acceptors (Lipinski definition) is 4. The average Bonchev–Trinajstić information content (AvgIpc) is 2.26. The maximum atomic E-state index is 11.0. The first-order valence-corrected chi connectivity index (χ1v) is 5.30. The lowest BCUT2D eigenvalue weighted by Gasteiger charge is -2.23. The van der Waals surface area contributed by atoms with Gasteiger partial charge in [0, 0.05) is 6.54 Å². The first-order chi connectivity index (χ1) is 7.48. The summed E-state index contributed by atoms with van der Waals surface area (Å²) in [7, 11) is 0. The lowest BCUT2D eigenvalue weighted by atomic mass is 9.88. The smallest absolute Gasteiger partial charge is 0.311 e. The van der Waals surface area contributed by atoms with Gasteiger partial charge < -0.3 is 10.4 Å². The molecule has 0 aliphatic heterocycles. The van der Waals surface area contributed by atoms with Crippen LogP contribution in [-0.2, 0) is 4.79 Å². The van der Waals surface area contributed by atoms with Gasteiger partial charge in [0.25, 0.3) is 0 Å². The van der Waals surface area contributed by atoms with Crippen molar-refractivity contribution in [3.8, 4) is 0 Å². The maximum Gasteiger partial charge on any atom is 0.311 e. The average molecular weight is 244 g/mol. The summed E-state index contributed by atoms with van der Waals surface area (Å²) in [6.45, 7) is 3.80. The summed E-state index contributed by atoms with van der Waals surface area (Å²) in [5.74, 6) is -0.356. The van der Waals surface area contributed by atoms with Crippen molar-refractivity contribution in [1.82, 2.24) is 9.97 Å². The van der Waals surface area contributed by atoms with Crippen LogP contribution in [0.1, 0.15) is 20.3 Å². The number of nitrogens with zero attached hydrogens (tertiary/aromatic N) is 2. The second kappa shape index (κ2) is 5.12. The van der Waals surface area contributed by atoms with Crippen LogP contribution >= 0.6 is 11.6 Å². The molecule has 0 aromatic carbocycles. The minimum Gasteiger partial charge on any atom is -0.481 e. The van der Waals surface area contributed by atoms with E-state index >= 15 is 0 Å². The van der Waals surface area contributed by atoms with E-state index in [0.717, 1.165) is 0 Å². The molecule has 2 N–H and O–H groups in total. The van der Waals surface area contributed by atoms with E-state index in [1.165, 1.54) is 12.4 Å². The second-order valence-corrected chi connectivity index (χ2v) is 4.19. The van der Waals surface area contributed by atoms with Gasteiger partial charge in [-0.05, 0) is 13.3 Å². The van der Waals surface area contributed by atoms with E-state index in [1.807, 2.05) is 6.92 Å². The number of carboxylic acid groups (broad SMARTS) is 1. The molecular formula is C10H14ClN3O2. The number of carbonyl (C=O) groups is 1. The predicted molar refractivity (Wildman–Crippen MR) is 61.6 cm³/mol. The van der Waals surface area contributed by atoms with Gasteiger partial charge in [-0.25, -0.2) is 4.98 Å². The highest BCUT2D eigenvalue weighted by atomic mass is 35.5. The third-order valence-corrected chi connectivity index (χ3v) is 2.74. The number of aromatic nitrogens is 2. The minimum atomic E-state index is -0.836. The molecule has 0 bridgehead atoms. The van der Waals surface area contributed by atoms with Crippen LogP contribution in [0.2, 0.25) is 5.15 Å². The first kappa shape index (κ1) is 12.7. The summed E-state index contributed by atoms with van der Waals surface area (Å²) in [4.78, 5) is 18.9. The molecular weight excluding hydrogens is 230 g/mol. The van der Waals surface area contributed by atoms with Crippen molar-refractivity contribution in [3.63, 3.8) is 0 Å². The van der Waals surface area contributed by atoms with Crippen LogP contribution < -0.4 is 5.32 Å². The van der Waals surface area contributed by atoms with Crippen LogP contribution in [0.4, 0.5) is 5.82 Å². The Morgan fingerprint density at radius 3 is 2.81 bits per heavy atom.